The average Bonchev–Trinajstić information content (AvgIpc) is 2.35. The molecule has 1 amide bonds. The Labute approximate surface area is 102 Å². The number of hydrogen-bond donors (Lipinski definition) is 3. The molecule has 1 aliphatic rings. The van der Waals surface area contributed by atoms with Gasteiger partial charge in [-0.25, -0.2) is 0 Å². The van der Waals surface area contributed by atoms with Gasteiger partial charge in [0, 0.05) is 6.54 Å². The molecule has 5 heteroatoms. The molecule has 98 valence electrons. The number of nitrogens with zero attached hydrogens (tertiary/aromatic N) is 1. The fourth-order valence-corrected chi connectivity index (χ4v) is 2.26. The molecule has 0 bridgehead atoms. The molecule has 0 spiro atoms. The predicted octanol–water partition coefficient (Wildman–Crippen LogP) is 1.46. The van der Waals surface area contributed by atoms with Gasteiger partial charge in [-0.1, -0.05) is 31.3 Å². The van der Waals surface area contributed by atoms with E-state index >= 15 is 0 Å². The van der Waals surface area contributed by atoms with E-state index in [0.29, 0.717) is 6.54 Å². The van der Waals surface area contributed by atoms with Crippen molar-refractivity contribution >= 4 is 11.7 Å². The molecular weight excluding hydrogens is 218 g/mol. The minimum Gasteiger partial charge on any atom is -0.409 e. The van der Waals surface area contributed by atoms with Crippen molar-refractivity contribution in [2.24, 2.45) is 22.2 Å². The summed E-state index contributed by atoms with van der Waals surface area (Å²) in [6, 6.07) is 0. The Morgan fingerprint density at radius 2 is 2.06 bits per heavy atom. The SMILES string of the molecule is CC(C(=O)NCC1(C)CCCCC1)C(N)=NO. The summed E-state index contributed by atoms with van der Waals surface area (Å²) >= 11 is 0. The molecule has 0 aliphatic heterocycles. The van der Waals surface area contributed by atoms with Crippen LogP contribution in [-0.4, -0.2) is 23.5 Å². The molecule has 1 atom stereocenters. The molecule has 17 heavy (non-hydrogen) atoms. The van der Waals surface area contributed by atoms with Crippen molar-refractivity contribution in [1.29, 1.82) is 0 Å². The number of nitrogens with one attached hydrogen (secondary N) is 1. The van der Waals surface area contributed by atoms with Crippen LogP contribution in [0.15, 0.2) is 5.16 Å². The summed E-state index contributed by atoms with van der Waals surface area (Å²) in [4.78, 5) is 11.7. The number of carbonyl (C=O) groups is 1. The van der Waals surface area contributed by atoms with Crippen molar-refractivity contribution < 1.29 is 10.0 Å². The summed E-state index contributed by atoms with van der Waals surface area (Å²) in [6.45, 7) is 4.52. The zero-order valence-electron chi connectivity index (χ0n) is 10.7. The highest BCUT2D eigenvalue weighted by atomic mass is 16.4. The molecule has 0 aromatic carbocycles. The Bertz CT molecular complexity index is 296. The van der Waals surface area contributed by atoms with Gasteiger partial charge < -0.3 is 16.3 Å². The summed E-state index contributed by atoms with van der Waals surface area (Å²) in [5, 5.41) is 14.3. The minimum atomic E-state index is -0.577. The summed E-state index contributed by atoms with van der Waals surface area (Å²) in [7, 11) is 0. The third-order valence-corrected chi connectivity index (χ3v) is 3.70. The molecule has 1 rings (SSSR count). The monoisotopic (exact) mass is 241 g/mol. The van der Waals surface area contributed by atoms with Gasteiger partial charge in [-0.2, -0.15) is 0 Å². The molecule has 0 saturated heterocycles. The van der Waals surface area contributed by atoms with Crippen LogP contribution in [0, 0.1) is 11.3 Å². The number of carbonyl (C=O) groups excluding carboxylic acids is 1. The first-order valence-corrected chi connectivity index (χ1v) is 6.24. The maximum atomic E-state index is 11.7. The first-order chi connectivity index (χ1) is 7.98. The van der Waals surface area contributed by atoms with Crippen LogP contribution in [0.4, 0.5) is 0 Å². The molecule has 0 radical (unpaired) electrons. The molecule has 1 unspecified atom stereocenters. The molecule has 4 N–H and O–H groups in total. The molecule has 1 fully saturated rings. The van der Waals surface area contributed by atoms with Gasteiger partial charge in [0.15, 0.2) is 5.84 Å². The third-order valence-electron chi connectivity index (χ3n) is 3.70. The zero-order valence-corrected chi connectivity index (χ0v) is 10.7. The van der Waals surface area contributed by atoms with E-state index in [1.54, 1.807) is 6.92 Å². The number of rotatable bonds is 4. The van der Waals surface area contributed by atoms with Gasteiger partial charge >= 0.3 is 0 Å². The van der Waals surface area contributed by atoms with Gasteiger partial charge in [0.05, 0.1) is 5.92 Å². The Morgan fingerprint density at radius 3 is 2.59 bits per heavy atom. The van der Waals surface area contributed by atoms with E-state index in [1.165, 1.54) is 19.3 Å². The van der Waals surface area contributed by atoms with E-state index in [9.17, 15) is 4.79 Å². The molecule has 1 aliphatic carbocycles. The molecule has 1 saturated carbocycles. The first kappa shape index (κ1) is 13.8. The van der Waals surface area contributed by atoms with Crippen molar-refractivity contribution in [1.82, 2.24) is 5.32 Å². The van der Waals surface area contributed by atoms with Crippen LogP contribution in [0.25, 0.3) is 0 Å². The topological polar surface area (TPSA) is 87.7 Å². The van der Waals surface area contributed by atoms with Gasteiger partial charge in [0.1, 0.15) is 0 Å². The molecular formula is C12H23N3O2. The second kappa shape index (κ2) is 5.89. The lowest BCUT2D eigenvalue weighted by atomic mass is 9.75. The van der Waals surface area contributed by atoms with Crippen LogP contribution in [0.1, 0.15) is 46.0 Å². The van der Waals surface area contributed by atoms with Crippen LogP contribution < -0.4 is 11.1 Å². The predicted molar refractivity (Wildman–Crippen MR) is 66.8 cm³/mol. The standard InChI is InChI=1S/C12H23N3O2/c1-9(10(13)15-17)11(16)14-8-12(2)6-4-3-5-7-12/h9,17H,3-8H2,1-2H3,(H2,13,15)(H,14,16). The van der Waals surface area contributed by atoms with E-state index in [0.717, 1.165) is 12.8 Å². The third kappa shape index (κ3) is 3.91. The lowest BCUT2D eigenvalue weighted by molar-refractivity contribution is -0.123. The average molecular weight is 241 g/mol. The Kier molecular flexibility index (Phi) is 4.78. The Morgan fingerprint density at radius 1 is 1.47 bits per heavy atom. The summed E-state index contributed by atoms with van der Waals surface area (Å²) in [5.41, 5.74) is 5.61. The summed E-state index contributed by atoms with van der Waals surface area (Å²) < 4.78 is 0. The highest BCUT2D eigenvalue weighted by molar-refractivity contribution is 6.01. The molecule has 0 aromatic heterocycles. The van der Waals surface area contributed by atoms with E-state index in [2.05, 4.69) is 17.4 Å². The van der Waals surface area contributed by atoms with Gasteiger partial charge in [0.2, 0.25) is 5.91 Å². The van der Waals surface area contributed by atoms with Crippen LogP contribution in [0.3, 0.4) is 0 Å². The van der Waals surface area contributed by atoms with Crippen LogP contribution in [0.2, 0.25) is 0 Å². The fraction of sp³-hybridized carbons (Fsp3) is 0.833. The number of amides is 1. The smallest absolute Gasteiger partial charge is 0.230 e. The number of hydrogen-bond acceptors (Lipinski definition) is 3. The number of nitrogens with two attached hydrogens (primary N) is 1. The van der Waals surface area contributed by atoms with Crippen molar-refractivity contribution in [3.63, 3.8) is 0 Å². The van der Waals surface area contributed by atoms with Gasteiger partial charge in [-0.3, -0.25) is 4.79 Å². The quantitative estimate of drug-likeness (QED) is 0.301. The van der Waals surface area contributed by atoms with E-state index in [1.807, 2.05) is 0 Å². The van der Waals surface area contributed by atoms with Crippen molar-refractivity contribution in [2.75, 3.05) is 6.54 Å². The van der Waals surface area contributed by atoms with E-state index in [4.69, 9.17) is 10.9 Å². The van der Waals surface area contributed by atoms with Gasteiger partial charge in [-0.15, -0.1) is 0 Å². The highest BCUT2D eigenvalue weighted by Gasteiger charge is 2.28. The Balaban J connectivity index is 2.42. The summed E-state index contributed by atoms with van der Waals surface area (Å²) in [5.74, 6) is -0.796. The number of oxime groups is 1. The zero-order chi connectivity index (χ0) is 12.9. The van der Waals surface area contributed by atoms with Gasteiger partial charge in [0.25, 0.3) is 0 Å². The lowest BCUT2D eigenvalue weighted by Crippen LogP contribution is -2.42. The largest absolute Gasteiger partial charge is 0.409 e. The van der Waals surface area contributed by atoms with Gasteiger partial charge in [-0.05, 0) is 25.2 Å². The van der Waals surface area contributed by atoms with Crippen molar-refractivity contribution in [3.05, 3.63) is 0 Å². The van der Waals surface area contributed by atoms with Crippen LogP contribution >= 0.6 is 0 Å². The number of amidine groups is 1. The Hall–Kier alpha value is -1.26. The van der Waals surface area contributed by atoms with Crippen molar-refractivity contribution in [2.45, 2.75) is 46.0 Å². The molecule has 0 heterocycles. The van der Waals surface area contributed by atoms with E-state index < -0.39 is 5.92 Å². The fourth-order valence-electron chi connectivity index (χ4n) is 2.26. The van der Waals surface area contributed by atoms with Crippen molar-refractivity contribution in [3.8, 4) is 0 Å². The maximum Gasteiger partial charge on any atom is 0.230 e. The lowest BCUT2D eigenvalue weighted by Gasteiger charge is -2.33. The van der Waals surface area contributed by atoms with E-state index in [-0.39, 0.29) is 17.2 Å². The summed E-state index contributed by atoms with van der Waals surface area (Å²) in [6.07, 6.45) is 6.09. The highest BCUT2D eigenvalue weighted by Crippen LogP contribution is 2.34. The minimum absolute atomic E-state index is 0.0451. The second-order valence-corrected chi connectivity index (χ2v) is 5.34. The maximum absolute atomic E-state index is 11.7. The molecule has 0 aromatic rings. The second-order valence-electron chi connectivity index (χ2n) is 5.34. The normalized spacial score (nSPS) is 21.9. The van der Waals surface area contributed by atoms with Crippen LogP contribution in [0.5, 0.6) is 0 Å². The molecule has 5 nitrogen and oxygen atoms in total. The van der Waals surface area contributed by atoms with Crippen LogP contribution in [-0.2, 0) is 4.79 Å². The first-order valence-electron chi connectivity index (χ1n) is 6.24.